The zero-order valence-corrected chi connectivity index (χ0v) is 17.6. The average Bonchev–Trinajstić information content (AvgIpc) is 3.11. The second-order valence-electron chi connectivity index (χ2n) is 6.50. The van der Waals surface area contributed by atoms with Crippen molar-refractivity contribution in [3.8, 4) is 10.6 Å². The van der Waals surface area contributed by atoms with E-state index in [0.29, 0.717) is 6.54 Å². The van der Waals surface area contributed by atoms with Crippen molar-refractivity contribution in [1.29, 1.82) is 0 Å². The van der Waals surface area contributed by atoms with E-state index in [1.807, 2.05) is 48.5 Å². The number of carbonyl (C=O) groups is 1. The van der Waals surface area contributed by atoms with Gasteiger partial charge in [0.15, 0.2) is 0 Å². The Hall–Kier alpha value is -2.70. The average molecular weight is 452 g/mol. The summed E-state index contributed by atoms with van der Waals surface area (Å²) >= 11 is 5.08. The number of anilines is 1. The quantitative estimate of drug-likeness (QED) is 0.379. The molecular weight excluding hydrogens is 434 g/mol. The molecule has 3 aromatic carbocycles. The van der Waals surface area contributed by atoms with Crippen LogP contribution in [0.4, 0.5) is 10.5 Å². The van der Waals surface area contributed by atoms with Gasteiger partial charge < -0.3 is 10.6 Å². The van der Waals surface area contributed by atoms with Gasteiger partial charge in [0.1, 0.15) is 5.01 Å². The summed E-state index contributed by atoms with van der Waals surface area (Å²) in [6.45, 7) is 2.56. The van der Waals surface area contributed by atoms with Crippen LogP contribution in [-0.2, 0) is 6.54 Å². The number of rotatable bonds is 4. The lowest BCUT2D eigenvalue weighted by Crippen LogP contribution is -2.28. The van der Waals surface area contributed by atoms with Crippen LogP contribution < -0.4 is 10.6 Å². The van der Waals surface area contributed by atoms with E-state index in [1.165, 1.54) is 10.3 Å². The number of amides is 2. The van der Waals surface area contributed by atoms with Crippen molar-refractivity contribution < 1.29 is 4.79 Å². The fourth-order valence-electron chi connectivity index (χ4n) is 2.81. The van der Waals surface area contributed by atoms with Crippen LogP contribution in [0.5, 0.6) is 0 Å². The van der Waals surface area contributed by atoms with Crippen LogP contribution in [-0.4, -0.2) is 11.0 Å². The fraction of sp³-hybridized carbons (Fsp3) is 0.0909. The molecule has 0 saturated heterocycles. The molecule has 0 atom stereocenters. The summed E-state index contributed by atoms with van der Waals surface area (Å²) in [6.07, 6.45) is 0. The molecular formula is C22H18BrN3OS. The Morgan fingerprint density at radius 1 is 1.04 bits per heavy atom. The van der Waals surface area contributed by atoms with Gasteiger partial charge in [0.25, 0.3) is 0 Å². The summed E-state index contributed by atoms with van der Waals surface area (Å²) in [6, 6.07) is 21.7. The molecule has 1 aromatic heterocycles. The third-order valence-electron chi connectivity index (χ3n) is 4.30. The zero-order chi connectivity index (χ0) is 19.5. The molecule has 4 nitrogen and oxygen atoms in total. The lowest BCUT2D eigenvalue weighted by atomic mass is 10.2. The van der Waals surface area contributed by atoms with Crippen molar-refractivity contribution in [1.82, 2.24) is 10.3 Å². The Balaban J connectivity index is 1.39. The third-order valence-corrected chi connectivity index (χ3v) is 5.90. The molecule has 6 heteroatoms. The number of nitrogens with one attached hydrogen (secondary N) is 2. The number of halogens is 1. The van der Waals surface area contributed by atoms with Gasteiger partial charge in [-0.15, -0.1) is 11.3 Å². The van der Waals surface area contributed by atoms with Gasteiger partial charge in [-0.2, -0.15) is 0 Å². The van der Waals surface area contributed by atoms with Crippen LogP contribution >= 0.6 is 27.3 Å². The highest BCUT2D eigenvalue weighted by molar-refractivity contribution is 9.10. The summed E-state index contributed by atoms with van der Waals surface area (Å²) in [5, 5.41) is 6.70. The Bertz CT molecular complexity index is 1120. The lowest BCUT2D eigenvalue weighted by molar-refractivity contribution is 0.251. The first-order chi connectivity index (χ1) is 13.6. The maximum Gasteiger partial charge on any atom is 0.319 e. The molecule has 140 valence electrons. The molecule has 0 saturated carbocycles. The van der Waals surface area contributed by atoms with Crippen LogP contribution in [0.3, 0.4) is 0 Å². The molecule has 0 bridgehead atoms. The number of urea groups is 1. The number of aromatic nitrogens is 1. The van der Waals surface area contributed by atoms with Crippen molar-refractivity contribution in [2.45, 2.75) is 13.5 Å². The van der Waals surface area contributed by atoms with Crippen molar-refractivity contribution >= 4 is 49.2 Å². The predicted molar refractivity (Wildman–Crippen MR) is 120 cm³/mol. The standard InChI is InChI=1S/C22H18BrN3OS/c1-14-2-11-19-20(12-14)28-21(26-19)16-5-9-18(10-6-16)25-22(27)24-13-15-3-7-17(23)8-4-15/h2-12H,13H2,1H3,(H2,24,25,27). The molecule has 0 unspecified atom stereocenters. The van der Waals surface area contributed by atoms with E-state index in [0.717, 1.165) is 31.8 Å². The third kappa shape index (κ3) is 4.40. The molecule has 4 aromatic rings. The molecule has 4 rings (SSSR count). The van der Waals surface area contributed by atoms with Crippen LogP contribution in [0.25, 0.3) is 20.8 Å². The van der Waals surface area contributed by atoms with Crippen LogP contribution in [0.15, 0.2) is 71.2 Å². The van der Waals surface area contributed by atoms with Gasteiger partial charge in [-0.3, -0.25) is 0 Å². The number of thiazole rings is 1. The number of fused-ring (bicyclic) bond motifs is 1. The highest BCUT2D eigenvalue weighted by Gasteiger charge is 2.07. The van der Waals surface area contributed by atoms with Crippen molar-refractivity contribution in [3.05, 3.63) is 82.3 Å². The summed E-state index contributed by atoms with van der Waals surface area (Å²) < 4.78 is 2.20. The van der Waals surface area contributed by atoms with E-state index >= 15 is 0 Å². The number of aryl methyl sites for hydroxylation is 1. The number of hydrogen-bond acceptors (Lipinski definition) is 3. The zero-order valence-electron chi connectivity index (χ0n) is 15.2. The molecule has 0 aliphatic carbocycles. The maximum atomic E-state index is 12.1. The number of hydrogen-bond donors (Lipinski definition) is 2. The maximum absolute atomic E-state index is 12.1. The Morgan fingerprint density at radius 3 is 2.54 bits per heavy atom. The molecule has 0 spiro atoms. The first-order valence-electron chi connectivity index (χ1n) is 8.84. The molecule has 0 radical (unpaired) electrons. The van der Waals surface area contributed by atoms with Gasteiger partial charge in [-0.1, -0.05) is 34.1 Å². The van der Waals surface area contributed by atoms with Gasteiger partial charge in [0.05, 0.1) is 10.2 Å². The van der Waals surface area contributed by atoms with Crippen molar-refractivity contribution in [3.63, 3.8) is 0 Å². The monoisotopic (exact) mass is 451 g/mol. The number of carbonyl (C=O) groups excluding carboxylic acids is 1. The van der Waals surface area contributed by atoms with Gasteiger partial charge in [0, 0.05) is 22.3 Å². The largest absolute Gasteiger partial charge is 0.334 e. The molecule has 2 amide bonds. The molecule has 0 aliphatic heterocycles. The van der Waals surface area contributed by atoms with E-state index in [1.54, 1.807) is 11.3 Å². The Morgan fingerprint density at radius 2 is 1.79 bits per heavy atom. The highest BCUT2D eigenvalue weighted by atomic mass is 79.9. The molecule has 0 aliphatic rings. The Labute approximate surface area is 175 Å². The lowest BCUT2D eigenvalue weighted by Gasteiger charge is -2.08. The van der Waals surface area contributed by atoms with Crippen LogP contribution in [0.1, 0.15) is 11.1 Å². The van der Waals surface area contributed by atoms with Crippen molar-refractivity contribution in [2.75, 3.05) is 5.32 Å². The van der Waals surface area contributed by atoms with E-state index in [-0.39, 0.29) is 6.03 Å². The molecule has 28 heavy (non-hydrogen) atoms. The summed E-state index contributed by atoms with van der Waals surface area (Å²) in [7, 11) is 0. The molecule has 2 N–H and O–H groups in total. The minimum Gasteiger partial charge on any atom is -0.334 e. The first kappa shape index (κ1) is 18.7. The highest BCUT2D eigenvalue weighted by Crippen LogP contribution is 2.31. The van der Waals surface area contributed by atoms with Gasteiger partial charge in [0.2, 0.25) is 0 Å². The second-order valence-corrected chi connectivity index (χ2v) is 8.45. The minimum absolute atomic E-state index is 0.230. The smallest absolute Gasteiger partial charge is 0.319 e. The second kappa shape index (κ2) is 8.12. The topological polar surface area (TPSA) is 54.0 Å². The molecule has 0 fully saturated rings. The van der Waals surface area contributed by atoms with Gasteiger partial charge >= 0.3 is 6.03 Å². The predicted octanol–water partition coefficient (Wildman–Crippen LogP) is 6.36. The van der Waals surface area contributed by atoms with E-state index in [2.05, 4.69) is 51.7 Å². The van der Waals surface area contributed by atoms with E-state index in [4.69, 9.17) is 4.98 Å². The Kier molecular flexibility index (Phi) is 5.41. The normalized spacial score (nSPS) is 10.8. The fourth-order valence-corrected chi connectivity index (χ4v) is 4.14. The van der Waals surface area contributed by atoms with Crippen LogP contribution in [0.2, 0.25) is 0 Å². The summed E-state index contributed by atoms with van der Waals surface area (Å²) in [5.74, 6) is 0. The summed E-state index contributed by atoms with van der Waals surface area (Å²) in [5.41, 5.74) is 5.07. The molecule has 1 heterocycles. The first-order valence-corrected chi connectivity index (χ1v) is 10.4. The van der Waals surface area contributed by atoms with Gasteiger partial charge in [-0.05, 0) is 66.6 Å². The van der Waals surface area contributed by atoms with Crippen LogP contribution in [0, 0.1) is 6.92 Å². The van der Waals surface area contributed by atoms with Gasteiger partial charge in [-0.25, -0.2) is 9.78 Å². The SMILES string of the molecule is Cc1ccc2nc(-c3ccc(NC(=O)NCc4ccc(Br)cc4)cc3)sc2c1. The minimum atomic E-state index is -0.230. The van der Waals surface area contributed by atoms with E-state index < -0.39 is 0 Å². The number of benzene rings is 3. The van der Waals surface area contributed by atoms with Crippen molar-refractivity contribution in [2.24, 2.45) is 0 Å². The van der Waals surface area contributed by atoms with E-state index in [9.17, 15) is 4.79 Å². The summed E-state index contributed by atoms with van der Waals surface area (Å²) in [4.78, 5) is 16.8. The number of nitrogens with zero attached hydrogens (tertiary/aromatic N) is 1.